The molecule has 124 valence electrons. The lowest BCUT2D eigenvalue weighted by Crippen LogP contribution is -1.94. The van der Waals surface area contributed by atoms with Gasteiger partial charge < -0.3 is 10.2 Å². The summed E-state index contributed by atoms with van der Waals surface area (Å²) in [6.07, 6.45) is 3.25. The number of benzene rings is 2. The van der Waals surface area contributed by atoms with Crippen LogP contribution < -0.4 is 0 Å². The molecule has 2 aromatic carbocycles. The predicted octanol–water partition coefficient (Wildman–Crippen LogP) is 5.72. The van der Waals surface area contributed by atoms with Gasteiger partial charge in [0.2, 0.25) is 0 Å². The molecular formula is C19H18O3S2. The van der Waals surface area contributed by atoms with E-state index in [1.54, 1.807) is 0 Å². The summed E-state index contributed by atoms with van der Waals surface area (Å²) < 4.78 is 0. The SMILES string of the molecule is O=C(CC=C(O)Sc1ccccc1)CC=C(O)Sc1ccccc1. The Balaban J connectivity index is 1.78. The van der Waals surface area contributed by atoms with Crippen molar-refractivity contribution in [3.8, 4) is 0 Å². The number of hydrogen-bond donors (Lipinski definition) is 2. The van der Waals surface area contributed by atoms with Gasteiger partial charge in [0.15, 0.2) is 10.2 Å². The molecule has 0 fully saturated rings. The molecule has 2 N–H and O–H groups in total. The average Bonchev–Trinajstić information content (AvgIpc) is 2.60. The normalized spacial score (nSPS) is 12.2. The van der Waals surface area contributed by atoms with Crippen LogP contribution in [0.2, 0.25) is 0 Å². The highest BCUT2D eigenvalue weighted by Gasteiger charge is 2.03. The molecule has 3 nitrogen and oxygen atoms in total. The highest BCUT2D eigenvalue weighted by Crippen LogP contribution is 2.25. The lowest BCUT2D eigenvalue weighted by Gasteiger charge is -2.01. The summed E-state index contributed by atoms with van der Waals surface area (Å²) in [7, 11) is 0. The maximum atomic E-state index is 11.8. The lowest BCUT2D eigenvalue weighted by atomic mass is 10.2. The summed E-state index contributed by atoms with van der Waals surface area (Å²) >= 11 is 2.41. The fourth-order valence-electron chi connectivity index (χ4n) is 1.79. The van der Waals surface area contributed by atoms with Gasteiger partial charge in [-0.3, -0.25) is 4.79 Å². The monoisotopic (exact) mass is 358 g/mol. The molecule has 0 heterocycles. The molecule has 0 amide bonds. The van der Waals surface area contributed by atoms with Gasteiger partial charge in [-0.1, -0.05) is 59.9 Å². The Bertz CT molecular complexity index is 648. The van der Waals surface area contributed by atoms with Crippen LogP contribution in [0.5, 0.6) is 0 Å². The van der Waals surface area contributed by atoms with Crippen molar-refractivity contribution in [1.29, 1.82) is 0 Å². The van der Waals surface area contributed by atoms with Gasteiger partial charge in [-0.05, 0) is 36.4 Å². The van der Waals surface area contributed by atoms with Crippen molar-refractivity contribution in [3.05, 3.63) is 83.0 Å². The second kappa shape index (κ2) is 9.90. The first-order chi connectivity index (χ1) is 11.6. The third-order valence-electron chi connectivity index (χ3n) is 2.94. The molecule has 0 aliphatic rings. The Kier molecular flexibility index (Phi) is 7.52. The van der Waals surface area contributed by atoms with E-state index in [0.29, 0.717) is 0 Å². The predicted molar refractivity (Wildman–Crippen MR) is 100 cm³/mol. The number of thioether (sulfide) groups is 2. The van der Waals surface area contributed by atoms with Crippen molar-refractivity contribution in [2.45, 2.75) is 22.6 Å². The van der Waals surface area contributed by atoms with Crippen LogP contribution in [0.25, 0.3) is 0 Å². The fourth-order valence-corrected chi connectivity index (χ4v) is 3.19. The van der Waals surface area contributed by atoms with E-state index in [0.717, 1.165) is 9.79 Å². The van der Waals surface area contributed by atoms with E-state index in [1.807, 2.05) is 60.7 Å². The summed E-state index contributed by atoms with van der Waals surface area (Å²) in [5, 5.41) is 19.9. The van der Waals surface area contributed by atoms with E-state index in [1.165, 1.54) is 35.7 Å². The van der Waals surface area contributed by atoms with E-state index in [-0.39, 0.29) is 28.8 Å². The van der Waals surface area contributed by atoms with Gasteiger partial charge in [0.1, 0.15) is 5.78 Å². The minimum absolute atomic E-state index is 0.0737. The average molecular weight is 358 g/mol. The first kappa shape index (κ1) is 18.2. The zero-order chi connectivity index (χ0) is 17.2. The van der Waals surface area contributed by atoms with Crippen LogP contribution in [0.4, 0.5) is 0 Å². The van der Waals surface area contributed by atoms with Crippen molar-refractivity contribution < 1.29 is 15.0 Å². The largest absolute Gasteiger partial charge is 0.502 e. The van der Waals surface area contributed by atoms with Crippen molar-refractivity contribution in [2.24, 2.45) is 0 Å². The van der Waals surface area contributed by atoms with Crippen molar-refractivity contribution in [3.63, 3.8) is 0 Å². The highest BCUT2D eigenvalue weighted by atomic mass is 32.2. The Morgan fingerprint density at radius 3 is 1.50 bits per heavy atom. The van der Waals surface area contributed by atoms with E-state index in [4.69, 9.17) is 0 Å². The summed E-state index contributed by atoms with van der Waals surface area (Å²) in [5.41, 5.74) is 0. The molecule has 2 aromatic rings. The molecule has 0 unspecified atom stereocenters. The zero-order valence-electron chi connectivity index (χ0n) is 13.0. The second-order valence-corrected chi connectivity index (χ2v) is 7.05. The van der Waals surface area contributed by atoms with Crippen LogP contribution >= 0.6 is 23.5 Å². The maximum Gasteiger partial charge on any atom is 0.151 e. The van der Waals surface area contributed by atoms with Gasteiger partial charge in [0, 0.05) is 22.6 Å². The number of Topliss-reactive ketones (excluding diaryl/α,β-unsaturated/α-hetero) is 1. The van der Waals surface area contributed by atoms with E-state index in [2.05, 4.69) is 0 Å². The fraction of sp³-hybridized carbons (Fsp3) is 0.105. The molecule has 5 heteroatoms. The van der Waals surface area contributed by atoms with E-state index in [9.17, 15) is 15.0 Å². The standard InChI is InChI=1S/C19H18O3S2/c20-15(11-13-18(21)23-16-7-3-1-4-8-16)12-14-19(22)24-17-9-5-2-6-10-17/h1-10,13-14,21-22H,11-12H2. The smallest absolute Gasteiger partial charge is 0.151 e. The molecule has 24 heavy (non-hydrogen) atoms. The first-order valence-corrected chi connectivity index (χ1v) is 9.02. The van der Waals surface area contributed by atoms with Crippen molar-refractivity contribution in [1.82, 2.24) is 0 Å². The molecule has 0 atom stereocenters. The van der Waals surface area contributed by atoms with Gasteiger partial charge in [-0.25, -0.2) is 0 Å². The molecule has 0 spiro atoms. The Morgan fingerprint density at radius 1 is 0.750 bits per heavy atom. The first-order valence-electron chi connectivity index (χ1n) is 7.39. The van der Waals surface area contributed by atoms with Gasteiger partial charge in [-0.15, -0.1) is 0 Å². The quantitative estimate of drug-likeness (QED) is 0.467. The minimum atomic E-state index is -0.0737. The molecule has 0 aliphatic carbocycles. The van der Waals surface area contributed by atoms with Crippen LogP contribution in [0.3, 0.4) is 0 Å². The van der Waals surface area contributed by atoms with E-state index >= 15 is 0 Å². The summed E-state index contributed by atoms with van der Waals surface area (Å²) in [4.78, 5) is 13.7. The number of carbonyl (C=O) groups excluding carboxylic acids is 1. The second-order valence-electron chi connectivity index (χ2n) is 4.86. The number of aliphatic hydroxyl groups excluding tert-OH is 2. The summed E-state index contributed by atoms with van der Waals surface area (Å²) in [6, 6.07) is 18.9. The van der Waals surface area contributed by atoms with Gasteiger partial charge in [0.25, 0.3) is 0 Å². The number of ketones is 1. The third kappa shape index (κ3) is 6.98. The zero-order valence-corrected chi connectivity index (χ0v) is 14.6. The molecule has 0 aliphatic heterocycles. The molecule has 0 bridgehead atoms. The third-order valence-corrected chi connectivity index (χ3v) is 4.71. The Labute approximate surface area is 150 Å². The van der Waals surface area contributed by atoms with Gasteiger partial charge in [-0.2, -0.15) is 0 Å². The maximum absolute atomic E-state index is 11.8. The number of allylic oxidation sites excluding steroid dienone is 2. The van der Waals surface area contributed by atoms with Crippen LogP contribution in [0, 0.1) is 0 Å². The minimum Gasteiger partial charge on any atom is -0.502 e. The molecule has 2 rings (SSSR count). The van der Waals surface area contributed by atoms with Crippen molar-refractivity contribution >= 4 is 29.3 Å². The number of aliphatic hydroxyl groups is 2. The summed E-state index contributed by atoms with van der Waals surface area (Å²) in [6.45, 7) is 0. The van der Waals surface area contributed by atoms with Crippen LogP contribution in [0.15, 0.2) is 92.8 Å². The van der Waals surface area contributed by atoms with Crippen LogP contribution in [-0.2, 0) is 4.79 Å². The molecular weight excluding hydrogens is 340 g/mol. The lowest BCUT2D eigenvalue weighted by molar-refractivity contribution is -0.117. The number of carbonyl (C=O) groups is 1. The van der Waals surface area contributed by atoms with E-state index < -0.39 is 0 Å². The molecule has 0 saturated heterocycles. The number of hydrogen-bond acceptors (Lipinski definition) is 5. The topological polar surface area (TPSA) is 57.5 Å². The summed E-state index contributed by atoms with van der Waals surface area (Å²) in [5.74, 6) is -0.0737. The van der Waals surface area contributed by atoms with Gasteiger partial charge in [0.05, 0.1) is 0 Å². The van der Waals surface area contributed by atoms with Crippen LogP contribution in [-0.4, -0.2) is 16.0 Å². The van der Waals surface area contributed by atoms with Crippen LogP contribution in [0.1, 0.15) is 12.8 Å². The molecule has 0 radical (unpaired) electrons. The Morgan fingerprint density at radius 2 is 1.12 bits per heavy atom. The molecule has 0 aromatic heterocycles. The Hall–Kier alpha value is -2.11. The number of rotatable bonds is 8. The van der Waals surface area contributed by atoms with Gasteiger partial charge >= 0.3 is 0 Å². The highest BCUT2D eigenvalue weighted by molar-refractivity contribution is 8.03. The van der Waals surface area contributed by atoms with Crippen molar-refractivity contribution in [2.75, 3.05) is 0 Å². The molecule has 0 saturated carbocycles.